The molecule has 0 unspecified atom stereocenters. The van der Waals surface area contributed by atoms with Crippen molar-refractivity contribution in [3.8, 4) is 11.5 Å². The highest BCUT2D eigenvalue weighted by molar-refractivity contribution is 7.80. The van der Waals surface area contributed by atoms with Crippen molar-refractivity contribution in [2.24, 2.45) is 0 Å². The summed E-state index contributed by atoms with van der Waals surface area (Å²) >= 11 is 5.61. The Morgan fingerprint density at radius 3 is 2.50 bits per heavy atom. The molecular weight excluding hydrogens is 370 g/mol. The minimum Gasteiger partial charge on any atom is -0.486 e. The number of nitrogens with one attached hydrogen (secondary N) is 1. The Kier molecular flexibility index (Phi) is 6.09. The minimum atomic E-state index is 0.585. The molecule has 0 bridgehead atoms. The van der Waals surface area contributed by atoms with E-state index in [1.165, 1.54) is 5.56 Å². The highest BCUT2D eigenvalue weighted by Crippen LogP contribution is 2.32. The predicted octanol–water partition coefficient (Wildman–Crippen LogP) is 3.49. The third kappa shape index (κ3) is 4.82. The van der Waals surface area contributed by atoms with E-state index in [2.05, 4.69) is 51.5 Å². The molecule has 28 heavy (non-hydrogen) atoms. The third-order valence-corrected chi connectivity index (χ3v) is 5.29. The summed E-state index contributed by atoms with van der Waals surface area (Å²) in [6.07, 6.45) is 4.41. The van der Waals surface area contributed by atoms with E-state index in [0.717, 1.165) is 55.0 Å². The summed E-state index contributed by atoms with van der Waals surface area (Å²) in [5.74, 6) is 1.56. The Balaban J connectivity index is 1.24. The number of rotatable bonds is 4. The molecule has 0 radical (unpaired) electrons. The van der Waals surface area contributed by atoms with Gasteiger partial charge in [-0.1, -0.05) is 42.5 Å². The number of fused-ring (bicyclic) bond motifs is 1. The van der Waals surface area contributed by atoms with Gasteiger partial charge in [0.25, 0.3) is 0 Å². The topological polar surface area (TPSA) is 37.0 Å². The molecule has 0 spiro atoms. The van der Waals surface area contributed by atoms with E-state index in [0.29, 0.717) is 13.2 Å². The van der Waals surface area contributed by atoms with E-state index in [-0.39, 0.29) is 0 Å². The fraction of sp³-hybridized carbons (Fsp3) is 0.318. The van der Waals surface area contributed by atoms with Gasteiger partial charge in [0.2, 0.25) is 0 Å². The SMILES string of the molecule is S=C(Nc1ccc2c(c1)OCCO2)N1CCN(CC=Cc2ccccc2)CC1. The molecule has 6 heteroatoms. The van der Waals surface area contributed by atoms with Crippen molar-refractivity contribution >= 4 is 29.1 Å². The van der Waals surface area contributed by atoms with E-state index in [4.69, 9.17) is 21.7 Å². The first-order chi connectivity index (χ1) is 13.8. The largest absolute Gasteiger partial charge is 0.486 e. The highest BCUT2D eigenvalue weighted by atomic mass is 32.1. The monoisotopic (exact) mass is 395 g/mol. The Hall–Kier alpha value is -2.57. The van der Waals surface area contributed by atoms with Crippen molar-refractivity contribution in [3.05, 3.63) is 60.2 Å². The maximum absolute atomic E-state index is 5.64. The number of piperazine rings is 1. The van der Waals surface area contributed by atoms with Crippen LogP contribution in [0.15, 0.2) is 54.6 Å². The molecule has 0 saturated carbocycles. The molecule has 2 heterocycles. The molecule has 4 rings (SSSR count). The number of anilines is 1. The number of hydrogen-bond acceptors (Lipinski definition) is 4. The molecule has 2 aromatic carbocycles. The van der Waals surface area contributed by atoms with Crippen molar-refractivity contribution in [2.75, 3.05) is 51.3 Å². The number of hydrogen-bond donors (Lipinski definition) is 1. The standard InChI is InChI=1S/C22H25N3O2S/c28-22(23-19-8-9-20-21(17-19)27-16-15-26-20)25-13-11-24(12-14-25)10-4-7-18-5-2-1-3-6-18/h1-9,17H,10-16H2,(H,23,28). The second-order valence-electron chi connectivity index (χ2n) is 6.89. The van der Waals surface area contributed by atoms with E-state index < -0.39 is 0 Å². The van der Waals surface area contributed by atoms with Gasteiger partial charge in [-0.25, -0.2) is 0 Å². The molecule has 2 aliphatic rings. The van der Waals surface area contributed by atoms with Crippen LogP contribution in [-0.2, 0) is 0 Å². The summed E-state index contributed by atoms with van der Waals surface area (Å²) in [5, 5.41) is 4.09. The molecular formula is C22H25N3O2S. The van der Waals surface area contributed by atoms with Gasteiger partial charge in [-0.2, -0.15) is 0 Å². The average Bonchev–Trinajstić information content (AvgIpc) is 2.75. The molecule has 0 aromatic heterocycles. The molecule has 2 aliphatic heterocycles. The van der Waals surface area contributed by atoms with Crippen LogP contribution in [-0.4, -0.2) is 60.8 Å². The van der Waals surface area contributed by atoms with Crippen LogP contribution in [0.4, 0.5) is 5.69 Å². The first-order valence-electron chi connectivity index (χ1n) is 9.67. The number of thiocarbonyl (C=S) groups is 1. The zero-order valence-electron chi connectivity index (χ0n) is 15.8. The van der Waals surface area contributed by atoms with Crippen molar-refractivity contribution < 1.29 is 9.47 Å². The fourth-order valence-corrected chi connectivity index (χ4v) is 3.66. The summed E-state index contributed by atoms with van der Waals surface area (Å²) in [5.41, 5.74) is 2.17. The van der Waals surface area contributed by atoms with Gasteiger partial charge in [-0.05, 0) is 29.9 Å². The van der Waals surface area contributed by atoms with Crippen molar-refractivity contribution in [3.63, 3.8) is 0 Å². The zero-order valence-corrected chi connectivity index (χ0v) is 16.7. The van der Waals surface area contributed by atoms with E-state index >= 15 is 0 Å². The lowest BCUT2D eigenvalue weighted by Crippen LogP contribution is -2.49. The van der Waals surface area contributed by atoms with Gasteiger partial charge >= 0.3 is 0 Å². The second-order valence-corrected chi connectivity index (χ2v) is 7.28. The molecule has 2 aromatic rings. The Bertz CT molecular complexity index is 833. The lowest BCUT2D eigenvalue weighted by molar-refractivity contribution is 0.171. The molecule has 0 amide bonds. The van der Waals surface area contributed by atoms with Gasteiger partial charge < -0.3 is 19.7 Å². The minimum absolute atomic E-state index is 0.585. The van der Waals surface area contributed by atoms with Crippen molar-refractivity contribution in [1.29, 1.82) is 0 Å². The summed E-state index contributed by atoms with van der Waals surface area (Å²) in [7, 11) is 0. The molecule has 146 valence electrons. The number of nitrogens with zero attached hydrogens (tertiary/aromatic N) is 2. The number of ether oxygens (including phenoxy) is 2. The van der Waals surface area contributed by atoms with Crippen LogP contribution in [0.3, 0.4) is 0 Å². The Morgan fingerprint density at radius 2 is 1.71 bits per heavy atom. The van der Waals surface area contributed by atoms with Crippen LogP contribution in [0, 0.1) is 0 Å². The molecule has 1 saturated heterocycles. The quantitative estimate of drug-likeness (QED) is 0.799. The van der Waals surface area contributed by atoms with Crippen LogP contribution in [0.1, 0.15) is 5.56 Å². The fourth-order valence-electron chi connectivity index (χ4n) is 3.36. The summed E-state index contributed by atoms with van der Waals surface area (Å²) < 4.78 is 11.2. The second kappa shape index (κ2) is 9.08. The number of benzene rings is 2. The molecule has 0 atom stereocenters. The van der Waals surface area contributed by atoms with Gasteiger partial charge in [0.05, 0.1) is 0 Å². The van der Waals surface area contributed by atoms with Crippen LogP contribution in [0.5, 0.6) is 11.5 Å². The lowest BCUT2D eigenvalue weighted by Gasteiger charge is -2.35. The summed E-state index contributed by atoms with van der Waals surface area (Å²) in [6.45, 7) is 6.00. The Labute approximate surface area is 171 Å². The lowest BCUT2D eigenvalue weighted by atomic mass is 10.2. The predicted molar refractivity (Wildman–Crippen MR) is 117 cm³/mol. The first-order valence-corrected chi connectivity index (χ1v) is 10.1. The summed E-state index contributed by atoms with van der Waals surface area (Å²) in [6, 6.07) is 16.3. The molecule has 5 nitrogen and oxygen atoms in total. The van der Waals surface area contributed by atoms with Gasteiger partial charge in [-0.3, -0.25) is 4.90 Å². The van der Waals surface area contributed by atoms with Crippen LogP contribution in [0.2, 0.25) is 0 Å². The molecule has 1 N–H and O–H groups in total. The smallest absolute Gasteiger partial charge is 0.173 e. The Morgan fingerprint density at radius 1 is 0.964 bits per heavy atom. The first kappa shape index (κ1) is 18.8. The molecule has 0 aliphatic carbocycles. The molecule has 1 fully saturated rings. The normalized spacial score (nSPS) is 16.9. The summed E-state index contributed by atoms with van der Waals surface area (Å²) in [4.78, 5) is 4.67. The van der Waals surface area contributed by atoms with Gasteiger partial charge in [0, 0.05) is 44.5 Å². The van der Waals surface area contributed by atoms with E-state index in [1.807, 2.05) is 24.3 Å². The van der Waals surface area contributed by atoms with Gasteiger partial charge in [0.15, 0.2) is 16.6 Å². The van der Waals surface area contributed by atoms with Crippen LogP contribution >= 0.6 is 12.2 Å². The highest BCUT2D eigenvalue weighted by Gasteiger charge is 2.19. The third-order valence-electron chi connectivity index (χ3n) is 4.93. The van der Waals surface area contributed by atoms with Crippen molar-refractivity contribution in [2.45, 2.75) is 0 Å². The zero-order chi connectivity index (χ0) is 19.2. The van der Waals surface area contributed by atoms with Crippen molar-refractivity contribution in [1.82, 2.24) is 9.80 Å². The maximum Gasteiger partial charge on any atom is 0.173 e. The van der Waals surface area contributed by atoms with Gasteiger partial charge in [-0.15, -0.1) is 0 Å². The van der Waals surface area contributed by atoms with E-state index in [9.17, 15) is 0 Å². The average molecular weight is 396 g/mol. The van der Waals surface area contributed by atoms with Crippen LogP contribution in [0.25, 0.3) is 6.08 Å². The van der Waals surface area contributed by atoms with Crippen LogP contribution < -0.4 is 14.8 Å². The van der Waals surface area contributed by atoms with Gasteiger partial charge in [0.1, 0.15) is 13.2 Å². The maximum atomic E-state index is 5.64. The van der Waals surface area contributed by atoms with E-state index in [1.54, 1.807) is 0 Å².